The first-order chi connectivity index (χ1) is 9.33. The maximum absolute atomic E-state index is 10.5. The number of rotatable bonds is 8. The monoisotopic (exact) mass is 268 g/mol. The second kappa shape index (κ2) is 7.98. The minimum atomic E-state index is 0.297. The van der Waals surface area contributed by atoms with Crippen molar-refractivity contribution in [3.05, 3.63) is 0 Å². The number of nitrogens with zero attached hydrogens (tertiary/aromatic N) is 2. The van der Waals surface area contributed by atoms with E-state index in [1.165, 1.54) is 38.6 Å². The van der Waals surface area contributed by atoms with E-state index in [0.717, 1.165) is 38.3 Å². The minimum Gasteiger partial charge on any atom is -0.396 e. The van der Waals surface area contributed by atoms with Crippen molar-refractivity contribution in [3.8, 4) is 0 Å². The number of hydrogen-bond donors (Lipinski definition) is 1. The van der Waals surface area contributed by atoms with Gasteiger partial charge >= 0.3 is 0 Å². The van der Waals surface area contributed by atoms with Crippen molar-refractivity contribution in [1.29, 1.82) is 0 Å². The summed E-state index contributed by atoms with van der Waals surface area (Å²) in [6, 6.07) is 0.662. The van der Waals surface area contributed by atoms with Crippen molar-refractivity contribution in [1.82, 2.24) is 9.80 Å². The lowest BCUT2D eigenvalue weighted by molar-refractivity contribution is -0.109. The van der Waals surface area contributed by atoms with Crippen LogP contribution in [-0.2, 0) is 4.79 Å². The van der Waals surface area contributed by atoms with Gasteiger partial charge in [-0.2, -0.15) is 0 Å². The van der Waals surface area contributed by atoms with Crippen molar-refractivity contribution in [3.63, 3.8) is 0 Å². The molecule has 0 bridgehead atoms. The molecule has 1 aliphatic carbocycles. The molecule has 2 rings (SSSR count). The molecule has 19 heavy (non-hydrogen) atoms. The van der Waals surface area contributed by atoms with Gasteiger partial charge in [0.15, 0.2) is 0 Å². The molecule has 2 fully saturated rings. The second-order valence-corrected chi connectivity index (χ2v) is 6.07. The lowest BCUT2D eigenvalue weighted by atomic mass is 9.84. The first-order valence-electron chi connectivity index (χ1n) is 7.84. The Morgan fingerprint density at radius 1 is 1.21 bits per heavy atom. The van der Waals surface area contributed by atoms with E-state index >= 15 is 0 Å². The van der Waals surface area contributed by atoms with Crippen LogP contribution < -0.4 is 0 Å². The van der Waals surface area contributed by atoms with Gasteiger partial charge in [0.2, 0.25) is 0 Å². The summed E-state index contributed by atoms with van der Waals surface area (Å²) in [4.78, 5) is 15.4. The zero-order chi connectivity index (χ0) is 13.5. The van der Waals surface area contributed by atoms with Gasteiger partial charge in [-0.15, -0.1) is 0 Å². The summed E-state index contributed by atoms with van der Waals surface area (Å²) in [5, 5.41) is 9.06. The number of aliphatic hydroxyl groups is 1. The van der Waals surface area contributed by atoms with Crippen LogP contribution in [0.4, 0.5) is 0 Å². The topological polar surface area (TPSA) is 43.8 Å². The van der Waals surface area contributed by atoms with Crippen LogP contribution in [0, 0.1) is 5.92 Å². The number of aliphatic hydroxyl groups excluding tert-OH is 1. The van der Waals surface area contributed by atoms with Crippen molar-refractivity contribution in [2.24, 2.45) is 5.92 Å². The van der Waals surface area contributed by atoms with Crippen molar-refractivity contribution >= 4 is 6.29 Å². The first-order valence-corrected chi connectivity index (χ1v) is 7.84. The zero-order valence-corrected chi connectivity index (χ0v) is 12.0. The summed E-state index contributed by atoms with van der Waals surface area (Å²) in [6.07, 6.45) is 8.42. The van der Waals surface area contributed by atoms with Crippen LogP contribution in [0.2, 0.25) is 0 Å². The number of piperidine rings is 1. The van der Waals surface area contributed by atoms with Crippen LogP contribution in [0.5, 0.6) is 0 Å². The number of likely N-dealkylation sites (tertiary alicyclic amines) is 1. The molecule has 0 radical (unpaired) electrons. The molecule has 2 aliphatic rings. The molecule has 0 unspecified atom stereocenters. The summed E-state index contributed by atoms with van der Waals surface area (Å²) in [5.74, 6) is 0.895. The first kappa shape index (κ1) is 14.9. The fourth-order valence-electron chi connectivity index (χ4n) is 3.28. The number of carbonyl (C=O) groups excluding carboxylic acids is 1. The largest absolute Gasteiger partial charge is 0.396 e. The second-order valence-electron chi connectivity index (χ2n) is 6.07. The summed E-state index contributed by atoms with van der Waals surface area (Å²) in [5.41, 5.74) is 0. The predicted molar refractivity (Wildman–Crippen MR) is 76.1 cm³/mol. The highest BCUT2D eigenvalue weighted by Crippen LogP contribution is 2.29. The standard InChI is InChI=1S/C15H28N2O2/c18-11-2-7-17(13-14-3-1-4-14)15-5-8-16(9-6-15)10-12-19/h12,14-15,18H,1-11,13H2. The molecular formula is C15H28N2O2. The van der Waals surface area contributed by atoms with Crippen molar-refractivity contribution in [2.75, 3.05) is 39.3 Å². The Morgan fingerprint density at radius 3 is 2.47 bits per heavy atom. The molecule has 0 amide bonds. The van der Waals surface area contributed by atoms with E-state index in [2.05, 4.69) is 9.80 Å². The molecule has 4 heteroatoms. The third-order valence-electron chi connectivity index (χ3n) is 4.73. The lowest BCUT2D eigenvalue weighted by Gasteiger charge is -2.41. The summed E-state index contributed by atoms with van der Waals surface area (Å²) >= 11 is 0. The predicted octanol–water partition coefficient (Wildman–Crippen LogP) is 1.13. The van der Waals surface area contributed by atoms with E-state index in [-0.39, 0.29) is 0 Å². The Morgan fingerprint density at radius 2 is 1.95 bits per heavy atom. The van der Waals surface area contributed by atoms with Crippen LogP contribution in [0.25, 0.3) is 0 Å². The van der Waals surface area contributed by atoms with E-state index in [0.29, 0.717) is 19.2 Å². The molecular weight excluding hydrogens is 240 g/mol. The Bertz CT molecular complexity index is 261. The molecule has 0 spiro atoms. The fraction of sp³-hybridized carbons (Fsp3) is 0.933. The molecule has 0 aromatic carbocycles. The van der Waals surface area contributed by atoms with E-state index in [1.54, 1.807) is 0 Å². The Labute approximate surface area is 116 Å². The van der Waals surface area contributed by atoms with E-state index in [9.17, 15) is 4.79 Å². The Hall–Kier alpha value is -0.450. The molecule has 4 nitrogen and oxygen atoms in total. The molecule has 1 saturated heterocycles. The van der Waals surface area contributed by atoms with E-state index in [4.69, 9.17) is 5.11 Å². The lowest BCUT2D eigenvalue weighted by Crippen LogP contribution is -2.47. The average molecular weight is 268 g/mol. The maximum atomic E-state index is 10.5. The fourth-order valence-corrected chi connectivity index (χ4v) is 3.28. The normalized spacial score (nSPS) is 22.6. The summed E-state index contributed by atoms with van der Waals surface area (Å²) < 4.78 is 0. The highest BCUT2D eigenvalue weighted by Gasteiger charge is 2.27. The molecule has 1 N–H and O–H groups in total. The average Bonchev–Trinajstić information content (AvgIpc) is 2.38. The van der Waals surface area contributed by atoms with Gasteiger partial charge in [0.05, 0.1) is 6.54 Å². The van der Waals surface area contributed by atoms with Crippen molar-refractivity contribution < 1.29 is 9.90 Å². The van der Waals surface area contributed by atoms with Crippen LogP contribution >= 0.6 is 0 Å². The van der Waals surface area contributed by atoms with E-state index in [1.807, 2.05) is 0 Å². The maximum Gasteiger partial charge on any atom is 0.133 e. The Kier molecular flexibility index (Phi) is 6.28. The van der Waals surface area contributed by atoms with Gasteiger partial charge in [-0.1, -0.05) is 6.42 Å². The van der Waals surface area contributed by atoms with Gasteiger partial charge in [0.25, 0.3) is 0 Å². The van der Waals surface area contributed by atoms with Crippen LogP contribution in [0.1, 0.15) is 38.5 Å². The molecule has 1 aliphatic heterocycles. The summed E-state index contributed by atoms with van der Waals surface area (Å²) in [7, 11) is 0. The molecule has 110 valence electrons. The van der Waals surface area contributed by atoms with E-state index < -0.39 is 0 Å². The molecule has 0 aromatic heterocycles. The molecule has 1 saturated carbocycles. The van der Waals surface area contributed by atoms with Crippen molar-refractivity contribution in [2.45, 2.75) is 44.6 Å². The number of hydrogen-bond acceptors (Lipinski definition) is 4. The van der Waals surface area contributed by atoms with Gasteiger partial charge < -0.3 is 9.90 Å². The SMILES string of the molecule is O=CCN1CCC(N(CCCO)CC2CCC2)CC1. The number of aldehydes is 1. The highest BCUT2D eigenvalue weighted by molar-refractivity contribution is 5.51. The van der Waals surface area contributed by atoms with Gasteiger partial charge in [0.1, 0.15) is 6.29 Å². The minimum absolute atomic E-state index is 0.297. The quantitative estimate of drug-likeness (QED) is 0.670. The highest BCUT2D eigenvalue weighted by atomic mass is 16.3. The molecule has 0 aromatic rings. The Balaban J connectivity index is 1.78. The smallest absolute Gasteiger partial charge is 0.133 e. The van der Waals surface area contributed by atoms with Gasteiger partial charge in [-0.05, 0) is 38.0 Å². The van der Waals surface area contributed by atoms with Crippen LogP contribution in [0.3, 0.4) is 0 Å². The third kappa shape index (κ3) is 4.55. The molecule has 0 atom stereocenters. The van der Waals surface area contributed by atoms with Crippen LogP contribution in [-0.4, -0.2) is 66.6 Å². The number of carbonyl (C=O) groups is 1. The van der Waals surface area contributed by atoms with Gasteiger partial charge in [0, 0.05) is 38.8 Å². The zero-order valence-electron chi connectivity index (χ0n) is 12.0. The van der Waals surface area contributed by atoms with Crippen LogP contribution in [0.15, 0.2) is 0 Å². The third-order valence-corrected chi connectivity index (χ3v) is 4.73. The van der Waals surface area contributed by atoms with Gasteiger partial charge in [-0.3, -0.25) is 9.80 Å². The molecule has 1 heterocycles. The summed E-state index contributed by atoms with van der Waals surface area (Å²) in [6.45, 7) is 5.23. The van der Waals surface area contributed by atoms with Gasteiger partial charge in [-0.25, -0.2) is 0 Å².